The summed E-state index contributed by atoms with van der Waals surface area (Å²) in [6.45, 7) is 14.7. The maximum atomic E-state index is 9.87. The van der Waals surface area contributed by atoms with Crippen LogP contribution in [0.1, 0.15) is 40.4 Å². The van der Waals surface area contributed by atoms with Crippen molar-refractivity contribution in [1.82, 2.24) is 14.3 Å². The molecule has 114 valence electrons. The van der Waals surface area contributed by atoms with Crippen LogP contribution in [-0.4, -0.2) is 57.7 Å². The van der Waals surface area contributed by atoms with Crippen molar-refractivity contribution in [2.75, 3.05) is 37.6 Å². The molecule has 1 N–H and O–H groups in total. The van der Waals surface area contributed by atoms with Gasteiger partial charge in [-0.05, 0) is 13.8 Å². The summed E-state index contributed by atoms with van der Waals surface area (Å²) in [6, 6.07) is 0. The zero-order valence-corrected chi connectivity index (χ0v) is 14.0. The number of hydrogen-bond donors (Lipinski definition) is 1. The van der Waals surface area contributed by atoms with Crippen molar-refractivity contribution >= 4 is 16.7 Å². The van der Waals surface area contributed by atoms with Crippen LogP contribution in [0.15, 0.2) is 0 Å². The number of aliphatic hydroxyl groups is 1. The molecule has 1 aliphatic heterocycles. The van der Waals surface area contributed by atoms with E-state index in [0.717, 1.165) is 43.7 Å². The van der Waals surface area contributed by atoms with Crippen molar-refractivity contribution in [3.8, 4) is 0 Å². The highest BCUT2D eigenvalue weighted by Crippen LogP contribution is 2.26. The predicted molar refractivity (Wildman–Crippen MR) is 83.6 cm³/mol. The molecule has 2 rings (SSSR count). The van der Waals surface area contributed by atoms with Gasteiger partial charge in [0.05, 0.1) is 5.60 Å². The molecular formula is C14H26N4OS. The molecule has 6 heteroatoms. The summed E-state index contributed by atoms with van der Waals surface area (Å²) >= 11 is 1.49. The lowest BCUT2D eigenvalue weighted by atomic mass is 9.96. The van der Waals surface area contributed by atoms with Crippen LogP contribution < -0.4 is 4.90 Å². The molecule has 0 aromatic carbocycles. The third-order valence-electron chi connectivity index (χ3n) is 3.34. The molecule has 1 aromatic rings. The highest BCUT2D eigenvalue weighted by molar-refractivity contribution is 7.09. The van der Waals surface area contributed by atoms with Crippen LogP contribution in [0.4, 0.5) is 5.13 Å². The van der Waals surface area contributed by atoms with Gasteiger partial charge in [-0.3, -0.25) is 4.90 Å². The van der Waals surface area contributed by atoms with Gasteiger partial charge in [0.1, 0.15) is 5.82 Å². The van der Waals surface area contributed by atoms with Crippen LogP contribution in [0.3, 0.4) is 0 Å². The van der Waals surface area contributed by atoms with Gasteiger partial charge in [0, 0.05) is 49.7 Å². The highest BCUT2D eigenvalue weighted by Gasteiger charge is 2.26. The van der Waals surface area contributed by atoms with Crippen molar-refractivity contribution in [3.63, 3.8) is 0 Å². The molecule has 1 aromatic heterocycles. The fourth-order valence-electron chi connectivity index (χ4n) is 2.29. The van der Waals surface area contributed by atoms with E-state index in [1.165, 1.54) is 11.5 Å². The summed E-state index contributed by atoms with van der Waals surface area (Å²) in [6.07, 6.45) is 0. The van der Waals surface area contributed by atoms with E-state index in [0.29, 0.717) is 0 Å². The molecule has 0 spiro atoms. The first kappa shape index (κ1) is 15.7. The van der Waals surface area contributed by atoms with E-state index in [-0.39, 0.29) is 5.41 Å². The van der Waals surface area contributed by atoms with Crippen LogP contribution in [-0.2, 0) is 5.41 Å². The molecule has 2 heterocycles. The summed E-state index contributed by atoms with van der Waals surface area (Å²) in [7, 11) is 0. The number of β-amino-alcohol motifs (C(OH)–C–C–N with tert-alkyl or cyclic N) is 1. The SMILES string of the molecule is CC(C)(O)CN1CCN(c2nc(C(C)(C)C)ns2)CC1. The van der Waals surface area contributed by atoms with Gasteiger partial charge in [-0.15, -0.1) is 0 Å². The summed E-state index contributed by atoms with van der Waals surface area (Å²) in [4.78, 5) is 9.28. The molecule has 0 saturated carbocycles. The van der Waals surface area contributed by atoms with Crippen LogP contribution in [0.25, 0.3) is 0 Å². The average molecular weight is 298 g/mol. The Bertz CT molecular complexity index is 439. The van der Waals surface area contributed by atoms with Gasteiger partial charge < -0.3 is 10.0 Å². The smallest absolute Gasteiger partial charge is 0.205 e. The minimum Gasteiger partial charge on any atom is -0.389 e. The van der Waals surface area contributed by atoms with Gasteiger partial charge in [0.15, 0.2) is 0 Å². The number of anilines is 1. The molecule has 0 radical (unpaired) electrons. The van der Waals surface area contributed by atoms with Gasteiger partial charge in [-0.2, -0.15) is 4.37 Å². The maximum Gasteiger partial charge on any atom is 0.205 e. The largest absolute Gasteiger partial charge is 0.389 e. The first-order valence-corrected chi connectivity index (χ1v) is 7.96. The summed E-state index contributed by atoms with van der Waals surface area (Å²) in [5, 5.41) is 10.9. The molecule has 0 bridgehead atoms. The quantitative estimate of drug-likeness (QED) is 0.921. The van der Waals surface area contributed by atoms with Crippen LogP contribution in [0.5, 0.6) is 0 Å². The summed E-state index contributed by atoms with van der Waals surface area (Å²) < 4.78 is 4.48. The Morgan fingerprint density at radius 2 is 1.70 bits per heavy atom. The van der Waals surface area contributed by atoms with Crippen LogP contribution in [0.2, 0.25) is 0 Å². The molecule has 1 saturated heterocycles. The second kappa shape index (κ2) is 5.58. The lowest BCUT2D eigenvalue weighted by Gasteiger charge is -2.37. The minimum atomic E-state index is -0.621. The number of hydrogen-bond acceptors (Lipinski definition) is 6. The van der Waals surface area contributed by atoms with Crippen molar-refractivity contribution in [2.45, 2.75) is 45.6 Å². The fourth-order valence-corrected chi connectivity index (χ4v) is 3.20. The Labute approximate surface area is 125 Å². The average Bonchev–Trinajstić information content (AvgIpc) is 2.76. The third-order valence-corrected chi connectivity index (χ3v) is 4.12. The summed E-state index contributed by atoms with van der Waals surface area (Å²) in [5.74, 6) is 0.927. The van der Waals surface area contributed by atoms with E-state index in [9.17, 15) is 5.11 Å². The van der Waals surface area contributed by atoms with Gasteiger partial charge in [0.25, 0.3) is 0 Å². The number of nitrogens with zero attached hydrogens (tertiary/aromatic N) is 4. The predicted octanol–water partition coefficient (Wildman–Crippen LogP) is 1.73. The molecule has 0 aliphatic carbocycles. The Kier molecular flexibility index (Phi) is 4.37. The topological polar surface area (TPSA) is 52.5 Å². The Morgan fingerprint density at radius 1 is 1.10 bits per heavy atom. The van der Waals surface area contributed by atoms with E-state index in [1.807, 2.05) is 13.8 Å². The number of rotatable bonds is 3. The lowest BCUT2D eigenvalue weighted by molar-refractivity contribution is 0.0345. The van der Waals surface area contributed by atoms with Crippen molar-refractivity contribution < 1.29 is 5.11 Å². The zero-order valence-electron chi connectivity index (χ0n) is 13.2. The van der Waals surface area contributed by atoms with Gasteiger partial charge >= 0.3 is 0 Å². The molecular weight excluding hydrogens is 272 g/mol. The highest BCUT2D eigenvalue weighted by atomic mass is 32.1. The Morgan fingerprint density at radius 3 is 2.15 bits per heavy atom. The lowest BCUT2D eigenvalue weighted by Crippen LogP contribution is -2.50. The van der Waals surface area contributed by atoms with Crippen molar-refractivity contribution in [1.29, 1.82) is 0 Å². The molecule has 0 amide bonds. The fraction of sp³-hybridized carbons (Fsp3) is 0.857. The monoisotopic (exact) mass is 298 g/mol. The first-order chi connectivity index (χ1) is 9.15. The van der Waals surface area contributed by atoms with Crippen molar-refractivity contribution in [2.24, 2.45) is 0 Å². The first-order valence-electron chi connectivity index (χ1n) is 7.19. The summed E-state index contributed by atoms with van der Waals surface area (Å²) in [5.41, 5.74) is -0.609. The normalized spacial score (nSPS) is 18.6. The van der Waals surface area contributed by atoms with E-state index in [2.05, 4.69) is 39.9 Å². The molecule has 1 fully saturated rings. The van der Waals surface area contributed by atoms with E-state index in [1.54, 1.807) is 0 Å². The van der Waals surface area contributed by atoms with Crippen molar-refractivity contribution in [3.05, 3.63) is 5.82 Å². The zero-order chi connectivity index (χ0) is 15.0. The standard InChI is InChI=1S/C14H26N4OS/c1-13(2,3)11-15-12(20-16-11)18-8-6-17(7-9-18)10-14(4,5)19/h19H,6-10H2,1-5H3. The molecule has 20 heavy (non-hydrogen) atoms. The Hall–Kier alpha value is -0.720. The van der Waals surface area contributed by atoms with Gasteiger partial charge in [-0.1, -0.05) is 20.8 Å². The van der Waals surface area contributed by atoms with Gasteiger partial charge in [-0.25, -0.2) is 4.98 Å². The third kappa shape index (κ3) is 4.14. The van der Waals surface area contributed by atoms with E-state index < -0.39 is 5.60 Å². The molecule has 5 nitrogen and oxygen atoms in total. The minimum absolute atomic E-state index is 0.0114. The molecule has 0 atom stereocenters. The van der Waals surface area contributed by atoms with Gasteiger partial charge in [0.2, 0.25) is 5.13 Å². The Balaban J connectivity index is 1.92. The van der Waals surface area contributed by atoms with Crippen LogP contribution >= 0.6 is 11.5 Å². The second-order valence-electron chi connectivity index (χ2n) is 7.23. The van der Waals surface area contributed by atoms with E-state index in [4.69, 9.17) is 0 Å². The number of aromatic nitrogens is 2. The second-order valence-corrected chi connectivity index (χ2v) is 7.96. The van der Waals surface area contributed by atoms with Crippen LogP contribution in [0, 0.1) is 0 Å². The number of piperazine rings is 1. The van der Waals surface area contributed by atoms with E-state index >= 15 is 0 Å². The molecule has 1 aliphatic rings. The maximum absolute atomic E-state index is 9.87. The molecule has 0 unspecified atom stereocenters.